The summed E-state index contributed by atoms with van der Waals surface area (Å²) in [5.74, 6) is -1.85. The van der Waals surface area contributed by atoms with Crippen LogP contribution in [-0.2, 0) is 35.0 Å². The fourth-order valence-corrected chi connectivity index (χ4v) is 2.48. The molecule has 0 unspecified atom stereocenters. The number of rotatable bonds is 7. The summed E-state index contributed by atoms with van der Waals surface area (Å²) >= 11 is 0. The van der Waals surface area contributed by atoms with Gasteiger partial charge in [-0.15, -0.1) is 0 Å². The Hall–Kier alpha value is -1.96. The van der Waals surface area contributed by atoms with E-state index in [0.717, 1.165) is 5.56 Å². The molecule has 1 N–H and O–H groups in total. The lowest BCUT2D eigenvalue weighted by molar-refractivity contribution is -0.160. The monoisotopic (exact) mass is 337 g/mol. The molecule has 1 fully saturated rings. The van der Waals surface area contributed by atoms with Gasteiger partial charge in [0.1, 0.15) is 0 Å². The smallest absolute Gasteiger partial charge is 0.338 e. The molecule has 0 spiro atoms. The molecule has 1 heterocycles. The van der Waals surface area contributed by atoms with Gasteiger partial charge in [-0.1, -0.05) is 18.2 Å². The normalized spacial score (nSPS) is 19.4. The summed E-state index contributed by atoms with van der Waals surface area (Å²) < 4.78 is 20.9. The highest BCUT2D eigenvalue weighted by molar-refractivity contribution is 5.94. The molecule has 1 aromatic rings. The minimum Gasteiger partial charge on any atom is -0.432 e. The average molecular weight is 337 g/mol. The molecule has 1 saturated heterocycles. The third-order valence-electron chi connectivity index (χ3n) is 3.61. The molecule has 1 atom stereocenters. The van der Waals surface area contributed by atoms with Crippen LogP contribution in [0.1, 0.15) is 25.8 Å². The molecule has 0 aromatic heterocycles. The fraction of sp³-hybridized carbons (Fsp3) is 0.529. The van der Waals surface area contributed by atoms with Crippen LogP contribution in [0, 0.1) is 0 Å². The van der Waals surface area contributed by atoms with Crippen LogP contribution < -0.4 is 5.32 Å². The SMILES string of the molecule is COC(Cc1ccccc1NC(=O)C[C@@H]1OC(C)(C)OC1=O)OC. The molecule has 2 rings (SSSR count). The number of hydrogen-bond donors (Lipinski definition) is 1. The molecule has 7 nitrogen and oxygen atoms in total. The van der Waals surface area contributed by atoms with E-state index in [1.807, 2.05) is 18.2 Å². The second-order valence-electron chi connectivity index (χ2n) is 5.94. The lowest BCUT2D eigenvalue weighted by Gasteiger charge is -2.17. The van der Waals surface area contributed by atoms with Gasteiger partial charge in [-0.05, 0) is 11.6 Å². The molecule has 7 heteroatoms. The molecule has 24 heavy (non-hydrogen) atoms. The van der Waals surface area contributed by atoms with Crippen molar-refractivity contribution in [3.8, 4) is 0 Å². The van der Waals surface area contributed by atoms with Crippen LogP contribution >= 0.6 is 0 Å². The van der Waals surface area contributed by atoms with Gasteiger partial charge >= 0.3 is 5.97 Å². The quantitative estimate of drug-likeness (QED) is 0.604. The number of cyclic esters (lactones) is 1. The van der Waals surface area contributed by atoms with Gasteiger partial charge in [0.25, 0.3) is 0 Å². The first-order chi connectivity index (χ1) is 11.3. The Labute approximate surface area is 141 Å². The standard InChI is InChI=1S/C17H23NO6/c1-17(2)23-13(16(20)24-17)10-14(19)18-12-8-6-5-7-11(12)9-15(21-3)22-4/h5-8,13,15H,9-10H2,1-4H3,(H,18,19)/t13-/m0/s1. The first-order valence-corrected chi connectivity index (χ1v) is 7.68. The molecular formula is C17H23NO6. The van der Waals surface area contributed by atoms with Crippen LogP contribution in [0.25, 0.3) is 0 Å². The maximum Gasteiger partial charge on any atom is 0.338 e. The summed E-state index contributed by atoms with van der Waals surface area (Å²) in [6.07, 6.45) is -0.914. The predicted octanol–water partition coefficient (Wildman–Crippen LogP) is 1.85. The zero-order valence-electron chi connectivity index (χ0n) is 14.3. The van der Waals surface area contributed by atoms with E-state index in [9.17, 15) is 9.59 Å². The maximum atomic E-state index is 12.2. The van der Waals surface area contributed by atoms with Gasteiger partial charge in [-0.25, -0.2) is 4.79 Å². The zero-order valence-corrected chi connectivity index (χ0v) is 14.3. The predicted molar refractivity (Wildman–Crippen MR) is 86.2 cm³/mol. The van der Waals surface area contributed by atoms with Crippen molar-refractivity contribution in [3.63, 3.8) is 0 Å². The number of para-hydroxylation sites is 1. The van der Waals surface area contributed by atoms with E-state index in [1.54, 1.807) is 34.1 Å². The number of amides is 1. The third kappa shape index (κ3) is 4.77. The van der Waals surface area contributed by atoms with E-state index in [2.05, 4.69) is 5.32 Å². The largest absolute Gasteiger partial charge is 0.432 e. The van der Waals surface area contributed by atoms with Gasteiger partial charge in [0.15, 0.2) is 12.4 Å². The zero-order chi connectivity index (χ0) is 17.7. The highest BCUT2D eigenvalue weighted by Crippen LogP contribution is 2.26. The molecule has 1 aliphatic heterocycles. The first-order valence-electron chi connectivity index (χ1n) is 7.68. The van der Waals surface area contributed by atoms with Crippen LogP contribution in [-0.4, -0.2) is 44.3 Å². The number of methoxy groups -OCH3 is 2. The molecule has 1 aromatic carbocycles. The minimum absolute atomic E-state index is 0.103. The molecule has 0 bridgehead atoms. The lowest BCUT2D eigenvalue weighted by atomic mass is 10.1. The Kier molecular flexibility index (Phi) is 5.93. The van der Waals surface area contributed by atoms with E-state index in [0.29, 0.717) is 12.1 Å². The molecule has 132 valence electrons. The van der Waals surface area contributed by atoms with E-state index >= 15 is 0 Å². The number of benzene rings is 1. The summed E-state index contributed by atoms with van der Waals surface area (Å²) in [7, 11) is 3.11. The second kappa shape index (κ2) is 7.74. The number of hydrogen-bond acceptors (Lipinski definition) is 6. The molecule has 0 saturated carbocycles. The van der Waals surface area contributed by atoms with Crippen molar-refractivity contribution in [2.75, 3.05) is 19.5 Å². The Bertz CT molecular complexity index is 596. The summed E-state index contributed by atoms with van der Waals surface area (Å²) in [4.78, 5) is 23.9. The molecule has 0 radical (unpaired) electrons. The highest BCUT2D eigenvalue weighted by atomic mass is 16.8. The summed E-state index contributed by atoms with van der Waals surface area (Å²) in [5.41, 5.74) is 1.52. The first kappa shape index (κ1) is 18.4. The van der Waals surface area contributed by atoms with Crippen LogP contribution in [0.2, 0.25) is 0 Å². The number of carbonyl (C=O) groups excluding carboxylic acids is 2. The van der Waals surface area contributed by atoms with Crippen molar-refractivity contribution in [2.45, 2.75) is 44.9 Å². The van der Waals surface area contributed by atoms with Crippen molar-refractivity contribution in [1.82, 2.24) is 0 Å². The van der Waals surface area contributed by atoms with Crippen LogP contribution in [0.4, 0.5) is 5.69 Å². The van der Waals surface area contributed by atoms with Gasteiger partial charge in [0.2, 0.25) is 11.7 Å². The number of carbonyl (C=O) groups is 2. The van der Waals surface area contributed by atoms with Crippen molar-refractivity contribution in [2.24, 2.45) is 0 Å². The average Bonchev–Trinajstić information content (AvgIpc) is 2.78. The Morgan fingerprint density at radius 1 is 1.29 bits per heavy atom. The number of anilines is 1. The van der Waals surface area contributed by atoms with E-state index < -0.39 is 24.2 Å². The third-order valence-corrected chi connectivity index (χ3v) is 3.61. The van der Waals surface area contributed by atoms with Crippen LogP contribution in [0.5, 0.6) is 0 Å². The lowest BCUT2D eigenvalue weighted by Crippen LogP contribution is -2.26. The van der Waals surface area contributed by atoms with Crippen molar-refractivity contribution < 1.29 is 28.5 Å². The van der Waals surface area contributed by atoms with E-state index in [-0.39, 0.29) is 12.3 Å². The van der Waals surface area contributed by atoms with Gasteiger partial charge < -0.3 is 24.3 Å². The molecule has 1 aliphatic rings. The van der Waals surface area contributed by atoms with Gasteiger partial charge in [-0.2, -0.15) is 0 Å². The minimum atomic E-state index is -0.996. The Morgan fingerprint density at radius 3 is 2.54 bits per heavy atom. The summed E-state index contributed by atoms with van der Waals surface area (Å²) in [6.45, 7) is 3.27. The number of esters is 1. The van der Waals surface area contributed by atoms with Crippen LogP contribution in [0.3, 0.4) is 0 Å². The van der Waals surface area contributed by atoms with E-state index in [1.165, 1.54) is 0 Å². The summed E-state index contributed by atoms with van der Waals surface area (Å²) in [6, 6.07) is 7.35. The number of nitrogens with one attached hydrogen (secondary N) is 1. The maximum absolute atomic E-state index is 12.2. The Morgan fingerprint density at radius 2 is 1.96 bits per heavy atom. The van der Waals surface area contributed by atoms with E-state index in [4.69, 9.17) is 18.9 Å². The molecular weight excluding hydrogens is 314 g/mol. The van der Waals surface area contributed by atoms with Crippen LogP contribution in [0.15, 0.2) is 24.3 Å². The highest BCUT2D eigenvalue weighted by Gasteiger charge is 2.41. The van der Waals surface area contributed by atoms with Crippen molar-refractivity contribution in [1.29, 1.82) is 0 Å². The Balaban J connectivity index is 2.00. The summed E-state index contributed by atoms with van der Waals surface area (Å²) in [5, 5.41) is 2.80. The van der Waals surface area contributed by atoms with Crippen molar-refractivity contribution in [3.05, 3.63) is 29.8 Å². The van der Waals surface area contributed by atoms with Gasteiger partial charge in [0, 0.05) is 40.2 Å². The molecule has 1 amide bonds. The van der Waals surface area contributed by atoms with Crippen molar-refractivity contribution >= 4 is 17.6 Å². The van der Waals surface area contributed by atoms with Gasteiger partial charge in [0.05, 0.1) is 6.42 Å². The second-order valence-corrected chi connectivity index (χ2v) is 5.94. The molecule has 0 aliphatic carbocycles. The fourth-order valence-electron chi connectivity index (χ4n) is 2.48. The number of ether oxygens (including phenoxy) is 4. The topological polar surface area (TPSA) is 83.1 Å². The van der Waals surface area contributed by atoms with Gasteiger partial charge in [-0.3, -0.25) is 4.79 Å².